The second-order valence-corrected chi connectivity index (χ2v) is 5.77. The van der Waals surface area contributed by atoms with E-state index in [1.54, 1.807) is 6.07 Å². The number of hydrogen-bond acceptors (Lipinski definition) is 8. The number of hydrogen-bond donors (Lipinski definition) is 2. The summed E-state index contributed by atoms with van der Waals surface area (Å²) in [6, 6.07) is 4.40. The van der Waals surface area contributed by atoms with E-state index in [4.69, 9.17) is 19.9 Å². The number of methoxy groups -OCH3 is 2. The number of H-pyrrole nitrogens is 1. The van der Waals surface area contributed by atoms with Gasteiger partial charge in [0.15, 0.2) is 6.61 Å². The van der Waals surface area contributed by atoms with Gasteiger partial charge in [0, 0.05) is 12.6 Å². The lowest BCUT2D eigenvalue weighted by molar-refractivity contribution is 0.0473. The number of nitrogen functional groups attached to an aromatic ring is 1. The third kappa shape index (κ3) is 4.40. The van der Waals surface area contributed by atoms with Crippen molar-refractivity contribution in [2.24, 2.45) is 0 Å². The Morgan fingerprint density at radius 1 is 1.11 bits per heavy atom. The Bertz CT molecular complexity index is 985. The predicted octanol–water partition coefficient (Wildman–Crippen LogP) is 0.586. The van der Waals surface area contributed by atoms with Crippen LogP contribution >= 0.6 is 0 Å². The molecule has 0 unspecified atom stereocenters. The molecule has 1 aromatic carbocycles. The summed E-state index contributed by atoms with van der Waals surface area (Å²) in [6.45, 7) is 1.31. The van der Waals surface area contributed by atoms with Crippen molar-refractivity contribution >= 4 is 17.6 Å². The van der Waals surface area contributed by atoms with Crippen LogP contribution in [-0.4, -0.2) is 42.1 Å². The fourth-order valence-corrected chi connectivity index (χ4v) is 2.51. The number of ether oxygens (including phenoxy) is 3. The summed E-state index contributed by atoms with van der Waals surface area (Å²) < 4.78 is 16.2. The maximum absolute atomic E-state index is 12.4. The van der Waals surface area contributed by atoms with Gasteiger partial charge in [0.05, 0.1) is 19.8 Å². The molecule has 0 atom stereocenters. The number of esters is 1. The molecular formula is C18H21N3O7. The number of nitrogens with one attached hydrogen (secondary N) is 1. The lowest BCUT2D eigenvalue weighted by Gasteiger charge is -2.11. The first-order valence-corrected chi connectivity index (χ1v) is 8.38. The number of nitrogens with zero attached hydrogens (tertiary/aromatic N) is 1. The van der Waals surface area contributed by atoms with Crippen LogP contribution in [-0.2, 0) is 11.3 Å². The van der Waals surface area contributed by atoms with Gasteiger partial charge in [-0.3, -0.25) is 19.1 Å². The number of carbonyl (C=O) groups is 2. The van der Waals surface area contributed by atoms with Gasteiger partial charge in [-0.25, -0.2) is 9.59 Å². The summed E-state index contributed by atoms with van der Waals surface area (Å²) >= 11 is 0. The molecule has 0 aliphatic carbocycles. The minimum Gasteiger partial charge on any atom is -0.497 e. The van der Waals surface area contributed by atoms with Crippen LogP contribution in [0.5, 0.6) is 11.5 Å². The fraction of sp³-hybridized carbons (Fsp3) is 0.333. The van der Waals surface area contributed by atoms with Crippen LogP contribution < -0.4 is 26.5 Å². The van der Waals surface area contributed by atoms with Gasteiger partial charge in [0.1, 0.15) is 22.9 Å². The van der Waals surface area contributed by atoms with Crippen molar-refractivity contribution in [2.75, 3.05) is 26.6 Å². The Morgan fingerprint density at radius 2 is 1.71 bits per heavy atom. The van der Waals surface area contributed by atoms with Gasteiger partial charge in [0.2, 0.25) is 5.78 Å². The molecule has 0 saturated heterocycles. The highest BCUT2D eigenvalue weighted by atomic mass is 16.5. The number of aromatic nitrogens is 2. The lowest BCUT2D eigenvalue weighted by Crippen LogP contribution is -2.37. The number of Topliss-reactive ketones (excluding diaryl/α,β-unsaturated/α-hetero) is 1. The zero-order valence-electron chi connectivity index (χ0n) is 15.7. The number of nitrogens with two attached hydrogens (primary N) is 1. The second kappa shape index (κ2) is 8.89. The smallest absolute Gasteiger partial charge is 0.338 e. The molecule has 0 aliphatic heterocycles. The van der Waals surface area contributed by atoms with Crippen molar-refractivity contribution in [3.8, 4) is 11.5 Å². The standard InChI is InChI=1S/C18H21N3O7/c1-4-5-21-15(19)14(16(23)20-18(21)25)13(22)9-28-17(24)10-6-11(26-2)8-12(7-10)27-3/h6-8H,4-5,9,19H2,1-3H3,(H,20,23,25). The minimum atomic E-state index is -0.932. The van der Waals surface area contributed by atoms with Gasteiger partial charge >= 0.3 is 11.7 Å². The van der Waals surface area contributed by atoms with Crippen molar-refractivity contribution in [3.05, 3.63) is 50.2 Å². The van der Waals surface area contributed by atoms with E-state index < -0.39 is 35.2 Å². The van der Waals surface area contributed by atoms with E-state index in [1.165, 1.54) is 26.4 Å². The summed E-state index contributed by atoms with van der Waals surface area (Å²) in [4.78, 5) is 50.5. The van der Waals surface area contributed by atoms with Crippen LogP contribution in [0.1, 0.15) is 34.1 Å². The van der Waals surface area contributed by atoms with Crippen molar-refractivity contribution in [3.63, 3.8) is 0 Å². The summed E-state index contributed by atoms with van der Waals surface area (Å²) in [7, 11) is 2.85. The summed E-state index contributed by atoms with van der Waals surface area (Å²) in [5.41, 5.74) is 3.85. The van der Waals surface area contributed by atoms with E-state index in [0.717, 1.165) is 4.57 Å². The fourth-order valence-electron chi connectivity index (χ4n) is 2.51. The number of ketones is 1. The molecule has 1 heterocycles. The Labute approximate surface area is 159 Å². The SMILES string of the molecule is CCCn1c(N)c(C(=O)COC(=O)c2cc(OC)cc(OC)c2)c(=O)[nH]c1=O. The topological polar surface area (TPSA) is 143 Å². The third-order valence-corrected chi connectivity index (χ3v) is 3.89. The maximum atomic E-state index is 12.4. The van der Waals surface area contributed by atoms with Crippen molar-refractivity contribution < 1.29 is 23.8 Å². The average molecular weight is 391 g/mol. The molecule has 0 fully saturated rings. The van der Waals surface area contributed by atoms with E-state index in [2.05, 4.69) is 0 Å². The molecule has 0 spiro atoms. The number of benzene rings is 1. The van der Waals surface area contributed by atoms with Crippen LogP contribution in [0.4, 0.5) is 5.82 Å². The minimum absolute atomic E-state index is 0.0989. The largest absolute Gasteiger partial charge is 0.497 e. The summed E-state index contributed by atoms with van der Waals surface area (Å²) in [5, 5.41) is 0. The van der Waals surface area contributed by atoms with Crippen LogP contribution in [0.15, 0.2) is 27.8 Å². The quantitative estimate of drug-likeness (QED) is 0.491. The van der Waals surface area contributed by atoms with E-state index >= 15 is 0 Å². The molecule has 1 aromatic heterocycles. The molecule has 0 aliphatic rings. The monoisotopic (exact) mass is 391 g/mol. The maximum Gasteiger partial charge on any atom is 0.338 e. The van der Waals surface area contributed by atoms with E-state index in [-0.39, 0.29) is 17.9 Å². The zero-order chi connectivity index (χ0) is 20.8. The van der Waals surface area contributed by atoms with E-state index in [9.17, 15) is 19.2 Å². The molecule has 0 amide bonds. The van der Waals surface area contributed by atoms with Crippen LogP contribution in [0.3, 0.4) is 0 Å². The predicted molar refractivity (Wildman–Crippen MR) is 100 cm³/mol. The molecule has 10 heteroatoms. The van der Waals surface area contributed by atoms with Gasteiger partial charge in [-0.15, -0.1) is 0 Å². The van der Waals surface area contributed by atoms with Gasteiger partial charge in [-0.1, -0.05) is 6.92 Å². The Kier molecular flexibility index (Phi) is 6.59. The number of carbonyl (C=O) groups excluding carboxylic acids is 2. The van der Waals surface area contributed by atoms with E-state index in [0.29, 0.717) is 17.9 Å². The second-order valence-electron chi connectivity index (χ2n) is 5.77. The van der Waals surface area contributed by atoms with Crippen molar-refractivity contribution in [1.82, 2.24) is 9.55 Å². The van der Waals surface area contributed by atoms with E-state index in [1.807, 2.05) is 11.9 Å². The van der Waals surface area contributed by atoms with Gasteiger partial charge < -0.3 is 19.9 Å². The van der Waals surface area contributed by atoms with Gasteiger partial charge in [0.25, 0.3) is 5.56 Å². The molecule has 150 valence electrons. The normalized spacial score (nSPS) is 10.4. The summed E-state index contributed by atoms with van der Waals surface area (Å²) in [5.74, 6) is -1.18. The van der Waals surface area contributed by atoms with Crippen LogP contribution in [0, 0.1) is 0 Å². The van der Waals surface area contributed by atoms with Gasteiger partial charge in [-0.2, -0.15) is 0 Å². The van der Waals surface area contributed by atoms with Crippen molar-refractivity contribution in [2.45, 2.75) is 19.9 Å². The third-order valence-electron chi connectivity index (χ3n) is 3.89. The highest BCUT2D eigenvalue weighted by molar-refractivity contribution is 6.02. The molecular weight excluding hydrogens is 370 g/mol. The summed E-state index contributed by atoms with van der Waals surface area (Å²) in [6.07, 6.45) is 0.566. The van der Waals surface area contributed by atoms with Crippen LogP contribution in [0.2, 0.25) is 0 Å². The molecule has 0 bridgehead atoms. The van der Waals surface area contributed by atoms with Gasteiger partial charge in [-0.05, 0) is 18.6 Å². The average Bonchev–Trinajstić information content (AvgIpc) is 2.68. The Balaban J connectivity index is 2.23. The molecule has 10 nitrogen and oxygen atoms in total. The number of aromatic amines is 1. The lowest BCUT2D eigenvalue weighted by atomic mass is 10.2. The molecule has 0 saturated carbocycles. The molecule has 0 radical (unpaired) electrons. The first-order chi connectivity index (χ1) is 13.3. The highest BCUT2D eigenvalue weighted by Gasteiger charge is 2.21. The molecule has 3 N–H and O–H groups in total. The van der Waals surface area contributed by atoms with Crippen molar-refractivity contribution in [1.29, 1.82) is 0 Å². The zero-order valence-corrected chi connectivity index (χ0v) is 15.7. The Hall–Kier alpha value is -3.56. The number of rotatable bonds is 8. The Morgan fingerprint density at radius 3 is 2.25 bits per heavy atom. The molecule has 2 aromatic rings. The highest BCUT2D eigenvalue weighted by Crippen LogP contribution is 2.23. The van der Waals surface area contributed by atoms with Crippen LogP contribution in [0.25, 0.3) is 0 Å². The first kappa shape index (κ1) is 20.7. The molecule has 2 rings (SSSR count). The first-order valence-electron chi connectivity index (χ1n) is 8.38. The molecule has 28 heavy (non-hydrogen) atoms. The number of anilines is 1.